The van der Waals surface area contributed by atoms with E-state index in [1.807, 2.05) is 0 Å². The van der Waals surface area contributed by atoms with Gasteiger partial charge in [0.05, 0.1) is 16.3 Å². The molecule has 1 amide bonds. The minimum Gasteiger partial charge on any atom is -0.491 e. The molecule has 4 aromatic rings. The molecule has 0 spiro atoms. The van der Waals surface area contributed by atoms with Gasteiger partial charge in [0.2, 0.25) is 0 Å². The molecule has 0 unspecified atom stereocenters. The molecule has 1 fully saturated rings. The summed E-state index contributed by atoms with van der Waals surface area (Å²) in [6, 6.07) is 13.6. The molecule has 10 nitrogen and oxygen atoms in total. The van der Waals surface area contributed by atoms with Crippen LogP contribution in [0.3, 0.4) is 0 Å². The van der Waals surface area contributed by atoms with Crippen LogP contribution in [0, 0.1) is 0 Å². The SMILES string of the molecule is O=C1Nc2ccc(S(=O)(=O)Nc3cccc(-n4c(O)c(O)n(C5CC5)c4=O)c3)c3cccc1c23. The Bertz CT molecular complexity index is 1700. The quantitative estimate of drug-likeness (QED) is 0.347. The van der Waals surface area contributed by atoms with E-state index in [9.17, 15) is 28.2 Å². The third-order valence-corrected chi connectivity index (χ3v) is 7.53. The van der Waals surface area contributed by atoms with E-state index in [1.54, 1.807) is 24.3 Å². The van der Waals surface area contributed by atoms with E-state index < -0.39 is 27.5 Å². The molecule has 2 heterocycles. The summed E-state index contributed by atoms with van der Waals surface area (Å²) in [4.78, 5) is 24.9. The Labute approximate surface area is 192 Å². The maximum absolute atomic E-state index is 13.3. The highest BCUT2D eigenvalue weighted by Crippen LogP contribution is 2.40. The van der Waals surface area contributed by atoms with E-state index in [4.69, 9.17) is 0 Å². The summed E-state index contributed by atoms with van der Waals surface area (Å²) in [6.45, 7) is 0. The number of imidazole rings is 1. The van der Waals surface area contributed by atoms with Gasteiger partial charge in [0.15, 0.2) is 0 Å². The highest BCUT2D eigenvalue weighted by Gasteiger charge is 2.32. The summed E-state index contributed by atoms with van der Waals surface area (Å²) in [5.74, 6) is -1.42. The van der Waals surface area contributed by atoms with Crippen molar-refractivity contribution >= 4 is 38.1 Å². The number of aromatic hydroxyl groups is 2. The maximum atomic E-state index is 13.3. The molecular weight excluding hydrogens is 460 g/mol. The first-order valence-electron chi connectivity index (χ1n) is 10.5. The van der Waals surface area contributed by atoms with Gasteiger partial charge < -0.3 is 15.5 Å². The minimum absolute atomic E-state index is 0.00690. The lowest BCUT2D eigenvalue weighted by Gasteiger charge is -2.12. The van der Waals surface area contributed by atoms with Crippen molar-refractivity contribution in [3.05, 3.63) is 70.6 Å². The lowest BCUT2D eigenvalue weighted by atomic mass is 10.1. The van der Waals surface area contributed by atoms with Gasteiger partial charge in [-0.1, -0.05) is 18.2 Å². The summed E-state index contributed by atoms with van der Waals surface area (Å²) in [5, 5.41) is 24.2. The van der Waals surface area contributed by atoms with Crippen LogP contribution in [0.15, 0.2) is 64.3 Å². The van der Waals surface area contributed by atoms with E-state index in [2.05, 4.69) is 10.0 Å². The molecule has 1 aliphatic heterocycles. The summed E-state index contributed by atoms with van der Waals surface area (Å²) in [7, 11) is -4.08. The minimum atomic E-state index is -4.08. The molecule has 4 N–H and O–H groups in total. The van der Waals surface area contributed by atoms with Crippen molar-refractivity contribution in [3.8, 4) is 17.4 Å². The van der Waals surface area contributed by atoms with Gasteiger partial charge in [0.25, 0.3) is 27.7 Å². The Kier molecular flexibility index (Phi) is 4.12. The molecule has 0 bridgehead atoms. The monoisotopic (exact) mass is 478 g/mol. The molecule has 11 heteroatoms. The Morgan fingerprint density at radius 3 is 2.50 bits per heavy atom. The fraction of sp³-hybridized carbons (Fsp3) is 0.130. The van der Waals surface area contributed by atoms with Crippen LogP contribution in [0.5, 0.6) is 11.8 Å². The largest absolute Gasteiger partial charge is 0.491 e. The zero-order valence-corrected chi connectivity index (χ0v) is 18.3. The molecule has 0 saturated heterocycles. The zero-order valence-electron chi connectivity index (χ0n) is 17.5. The number of hydrogen-bond acceptors (Lipinski definition) is 6. The van der Waals surface area contributed by atoms with E-state index in [0.717, 1.165) is 22.0 Å². The predicted molar refractivity (Wildman–Crippen MR) is 124 cm³/mol. The van der Waals surface area contributed by atoms with Crippen LogP contribution in [0.1, 0.15) is 29.2 Å². The van der Waals surface area contributed by atoms with E-state index in [0.29, 0.717) is 22.0 Å². The first kappa shape index (κ1) is 20.4. The summed E-state index contributed by atoms with van der Waals surface area (Å²) in [6.07, 6.45) is 1.46. The van der Waals surface area contributed by atoms with Crippen molar-refractivity contribution < 1.29 is 23.4 Å². The standard InChI is InChI=1S/C23H18N4O6S/c28-20-16-6-2-5-15-18(10-9-17(24-20)19(15)16)34(32,33)25-12-3-1-4-14(11-12)27-22(30)21(29)26(23(27)31)13-7-8-13/h1-6,9-11,13,25,29-30H,7-8H2,(H,24,28). The first-order chi connectivity index (χ1) is 16.3. The number of carbonyl (C=O) groups is 1. The van der Waals surface area contributed by atoms with Gasteiger partial charge in [-0.15, -0.1) is 0 Å². The fourth-order valence-corrected chi connectivity index (χ4v) is 5.66. The van der Waals surface area contributed by atoms with Crippen molar-refractivity contribution in [2.75, 3.05) is 10.0 Å². The third kappa shape index (κ3) is 2.90. The molecule has 0 atom stereocenters. The van der Waals surface area contributed by atoms with Gasteiger partial charge in [0.1, 0.15) is 0 Å². The Hall–Kier alpha value is -4.25. The molecular formula is C23H18N4O6S. The second-order valence-corrected chi connectivity index (χ2v) is 9.97. The van der Waals surface area contributed by atoms with E-state index in [-0.39, 0.29) is 28.2 Å². The van der Waals surface area contributed by atoms with Crippen molar-refractivity contribution in [2.24, 2.45) is 0 Å². The molecule has 1 aliphatic carbocycles. The van der Waals surface area contributed by atoms with E-state index >= 15 is 0 Å². The molecule has 1 saturated carbocycles. The number of hydrogen-bond donors (Lipinski definition) is 4. The molecule has 1 aromatic heterocycles. The van der Waals surface area contributed by atoms with Crippen LogP contribution in [0.25, 0.3) is 16.5 Å². The number of amides is 1. The van der Waals surface area contributed by atoms with Crippen LogP contribution >= 0.6 is 0 Å². The Morgan fingerprint density at radius 2 is 1.74 bits per heavy atom. The smallest absolute Gasteiger partial charge is 0.338 e. The van der Waals surface area contributed by atoms with Crippen LogP contribution < -0.4 is 15.7 Å². The van der Waals surface area contributed by atoms with Crippen LogP contribution in [-0.4, -0.2) is 33.7 Å². The van der Waals surface area contributed by atoms with Crippen molar-refractivity contribution in [1.82, 2.24) is 9.13 Å². The molecule has 0 radical (unpaired) electrons. The van der Waals surface area contributed by atoms with Gasteiger partial charge >= 0.3 is 5.69 Å². The molecule has 172 valence electrons. The fourth-order valence-electron chi connectivity index (χ4n) is 4.41. The average Bonchev–Trinajstić information content (AvgIpc) is 3.53. The number of sulfonamides is 1. The number of nitrogens with zero attached hydrogens (tertiary/aromatic N) is 2. The Morgan fingerprint density at radius 1 is 0.971 bits per heavy atom. The Balaban J connectivity index is 1.41. The van der Waals surface area contributed by atoms with E-state index in [1.165, 1.54) is 30.3 Å². The normalized spacial score (nSPS) is 15.0. The predicted octanol–water partition coefficient (Wildman–Crippen LogP) is 2.90. The third-order valence-electron chi connectivity index (χ3n) is 6.09. The van der Waals surface area contributed by atoms with Gasteiger partial charge in [-0.3, -0.25) is 14.1 Å². The lowest BCUT2D eigenvalue weighted by Crippen LogP contribution is -2.22. The van der Waals surface area contributed by atoms with Gasteiger partial charge in [-0.05, 0) is 49.2 Å². The highest BCUT2D eigenvalue weighted by molar-refractivity contribution is 7.93. The van der Waals surface area contributed by atoms with Crippen molar-refractivity contribution in [2.45, 2.75) is 23.8 Å². The summed E-state index contributed by atoms with van der Waals surface area (Å²) in [5.41, 5.74) is 0.683. The van der Waals surface area contributed by atoms with Crippen LogP contribution in [0.2, 0.25) is 0 Å². The first-order valence-corrected chi connectivity index (χ1v) is 12.0. The van der Waals surface area contributed by atoms with Gasteiger partial charge in [0, 0.05) is 28.1 Å². The average molecular weight is 478 g/mol. The summed E-state index contributed by atoms with van der Waals surface area (Å²) < 4.78 is 31.2. The summed E-state index contributed by atoms with van der Waals surface area (Å²) >= 11 is 0. The van der Waals surface area contributed by atoms with Crippen LogP contribution in [0.4, 0.5) is 11.4 Å². The number of nitrogens with one attached hydrogen (secondary N) is 2. The number of rotatable bonds is 5. The van der Waals surface area contributed by atoms with Crippen LogP contribution in [-0.2, 0) is 10.0 Å². The molecule has 34 heavy (non-hydrogen) atoms. The highest BCUT2D eigenvalue weighted by atomic mass is 32.2. The number of aromatic nitrogens is 2. The second-order valence-electron chi connectivity index (χ2n) is 8.32. The zero-order chi connectivity index (χ0) is 23.8. The number of anilines is 2. The topological polar surface area (TPSA) is 143 Å². The lowest BCUT2D eigenvalue weighted by molar-refractivity contribution is 0.103. The number of benzene rings is 3. The maximum Gasteiger partial charge on any atom is 0.338 e. The second kappa shape index (κ2) is 6.87. The van der Waals surface area contributed by atoms with Gasteiger partial charge in [-0.25, -0.2) is 17.8 Å². The van der Waals surface area contributed by atoms with Crippen molar-refractivity contribution in [1.29, 1.82) is 0 Å². The number of carbonyl (C=O) groups excluding carboxylic acids is 1. The molecule has 6 rings (SSSR count). The van der Waals surface area contributed by atoms with Gasteiger partial charge in [-0.2, -0.15) is 0 Å². The molecule has 3 aromatic carbocycles. The van der Waals surface area contributed by atoms with Crippen molar-refractivity contribution in [3.63, 3.8) is 0 Å². The molecule has 2 aliphatic rings.